The zero-order valence-corrected chi connectivity index (χ0v) is 23.5. The Bertz CT molecular complexity index is 1440. The highest BCUT2D eigenvalue weighted by Gasteiger charge is 2.47. The molecule has 2 saturated heterocycles. The molecule has 2 atom stereocenters. The van der Waals surface area contributed by atoms with Gasteiger partial charge in [-0.25, -0.2) is 27.9 Å². The molecule has 0 radical (unpaired) electrons. The van der Waals surface area contributed by atoms with Gasteiger partial charge in [-0.1, -0.05) is 29.4 Å². The molecule has 39 heavy (non-hydrogen) atoms. The van der Waals surface area contributed by atoms with Crippen LogP contribution < -0.4 is 20.7 Å². The summed E-state index contributed by atoms with van der Waals surface area (Å²) in [5, 5.41) is 3.35. The average Bonchev–Trinajstić information content (AvgIpc) is 3.20. The molecule has 0 saturated carbocycles. The molecule has 206 valence electrons. The number of aromatic nitrogens is 3. The Morgan fingerprint density at radius 2 is 1.97 bits per heavy atom. The molecule has 2 fully saturated rings. The van der Waals surface area contributed by atoms with Gasteiger partial charge < -0.3 is 20.7 Å². The van der Waals surface area contributed by atoms with Gasteiger partial charge in [-0.15, -0.1) is 0 Å². The van der Waals surface area contributed by atoms with Gasteiger partial charge in [0.05, 0.1) is 35.8 Å². The second-order valence-corrected chi connectivity index (χ2v) is 12.7. The molecule has 11 nitrogen and oxygen atoms in total. The van der Waals surface area contributed by atoms with Crippen molar-refractivity contribution in [2.45, 2.75) is 46.7 Å². The summed E-state index contributed by atoms with van der Waals surface area (Å²) < 4.78 is 32.5. The molecule has 0 bridgehead atoms. The molecule has 4 heterocycles. The van der Waals surface area contributed by atoms with E-state index < -0.39 is 16.1 Å². The number of piperidine rings is 1. The fraction of sp³-hybridized carbons (Fsp3) is 0.360. The number of halogens is 1. The summed E-state index contributed by atoms with van der Waals surface area (Å²) in [6, 6.07) is 6.94. The predicted octanol–water partition coefficient (Wildman–Crippen LogP) is 3.52. The molecule has 2 aliphatic rings. The van der Waals surface area contributed by atoms with E-state index >= 15 is 0 Å². The fourth-order valence-electron chi connectivity index (χ4n) is 4.81. The third-order valence-corrected chi connectivity index (χ3v) is 9.96. The van der Waals surface area contributed by atoms with Crippen LogP contribution in [0.5, 0.6) is 0 Å². The number of nitrogens with two attached hydrogens (primary N) is 1. The van der Waals surface area contributed by atoms with Crippen molar-refractivity contribution in [2.24, 2.45) is 11.1 Å². The first kappa shape index (κ1) is 27.6. The van der Waals surface area contributed by atoms with Gasteiger partial charge in [0.15, 0.2) is 0 Å². The van der Waals surface area contributed by atoms with Crippen molar-refractivity contribution in [2.75, 3.05) is 29.9 Å². The van der Waals surface area contributed by atoms with Crippen molar-refractivity contribution in [3.05, 3.63) is 60.1 Å². The lowest BCUT2D eigenvalue weighted by Gasteiger charge is -2.41. The van der Waals surface area contributed by atoms with E-state index in [1.165, 1.54) is 30.1 Å². The van der Waals surface area contributed by atoms with Crippen molar-refractivity contribution >= 4 is 50.9 Å². The van der Waals surface area contributed by atoms with Gasteiger partial charge in [0, 0.05) is 41.8 Å². The normalized spacial score (nSPS) is 20.6. The Morgan fingerprint density at radius 1 is 1.18 bits per heavy atom. The zero-order chi connectivity index (χ0) is 27.6. The number of hydrogen-bond donors (Lipinski definition) is 3. The quantitative estimate of drug-likeness (QED) is 0.389. The lowest BCUT2D eigenvalue weighted by atomic mass is 9.73. The molecule has 14 heteroatoms. The van der Waals surface area contributed by atoms with Gasteiger partial charge in [0.25, 0.3) is 10.0 Å². The molecular weight excluding hydrogens is 562 g/mol. The number of sulfonamides is 1. The number of amides is 2. The summed E-state index contributed by atoms with van der Waals surface area (Å²) >= 11 is 7.81. The maximum Gasteiger partial charge on any atom is 0.333 e. The van der Waals surface area contributed by atoms with E-state index in [0.29, 0.717) is 16.5 Å². The van der Waals surface area contributed by atoms with Crippen LogP contribution in [0.2, 0.25) is 5.02 Å². The number of nitrogens with one attached hydrogen (secondary N) is 2. The van der Waals surface area contributed by atoms with E-state index in [1.54, 1.807) is 30.6 Å². The molecule has 5 rings (SSSR count). The monoisotopic (exact) mass is 589 g/mol. The van der Waals surface area contributed by atoms with E-state index in [-0.39, 0.29) is 33.2 Å². The first-order valence-corrected chi connectivity index (χ1v) is 15.0. The minimum absolute atomic E-state index is 0.0365. The molecule has 4 N–H and O–H groups in total. The maximum absolute atomic E-state index is 12.4. The SMILES string of the molecule is C[C@@H]1OCC2(CCN(c3cnc(Sc4cccc(NC(=O)NS(=O)(=O)c5cccnc5)c4Cl)cn3)CC2)[C@@H]1N. The van der Waals surface area contributed by atoms with Gasteiger partial charge in [-0.2, -0.15) is 0 Å². The highest BCUT2D eigenvalue weighted by atomic mass is 35.5. The van der Waals surface area contributed by atoms with Crippen LogP contribution in [0.1, 0.15) is 19.8 Å². The molecule has 2 aliphatic heterocycles. The summed E-state index contributed by atoms with van der Waals surface area (Å²) in [6.45, 7) is 4.42. The van der Waals surface area contributed by atoms with Crippen molar-refractivity contribution < 1.29 is 17.9 Å². The highest BCUT2D eigenvalue weighted by Crippen LogP contribution is 2.42. The number of anilines is 2. The summed E-state index contributed by atoms with van der Waals surface area (Å²) in [5.41, 5.74) is 6.71. The topological polar surface area (TPSA) is 152 Å². The highest BCUT2D eigenvalue weighted by molar-refractivity contribution is 7.99. The van der Waals surface area contributed by atoms with Crippen molar-refractivity contribution in [3.63, 3.8) is 0 Å². The standard InChI is InChI=1S/C25H28ClN7O4S2/c1-16-23(27)25(15-37-16)7-10-33(11-8-25)20-13-30-21(14-29-20)38-19-6-2-5-18(22(19)26)31-24(34)32-39(35,36)17-4-3-9-28-12-17/h2-6,9,12-14,16,23H,7-8,10-11,15,27H2,1H3,(H2,31,32,34)/t16-,23+/m0/s1. The van der Waals surface area contributed by atoms with Crippen LogP contribution in [0.15, 0.2) is 69.9 Å². The Morgan fingerprint density at radius 3 is 2.62 bits per heavy atom. The number of ether oxygens (including phenoxy) is 1. The molecule has 2 aromatic heterocycles. The first-order chi connectivity index (χ1) is 18.7. The number of urea groups is 1. The van der Waals surface area contributed by atoms with Crippen LogP contribution in [0.3, 0.4) is 0 Å². The molecule has 2 amide bonds. The predicted molar refractivity (Wildman–Crippen MR) is 148 cm³/mol. The summed E-state index contributed by atoms with van der Waals surface area (Å²) in [4.78, 5) is 28.0. The Labute approximate surface area is 236 Å². The lowest BCUT2D eigenvalue weighted by molar-refractivity contribution is 0.0974. The van der Waals surface area contributed by atoms with E-state index in [2.05, 4.69) is 25.2 Å². The van der Waals surface area contributed by atoms with Gasteiger partial charge >= 0.3 is 6.03 Å². The van der Waals surface area contributed by atoms with E-state index in [9.17, 15) is 13.2 Å². The number of rotatable bonds is 6. The number of carbonyl (C=O) groups is 1. The van der Waals surface area contributed by atoms with Gasteiger partial charge in [0.2, 0.25) is 0 Å². The van der Waals surface area contributed by atoms with Gasteiger partial charge in [-0.3, -0.25) is 4.98 Å². The lowest BCUT2D eigenvalue weighted by Crippen LogP contribution is -2.50. The third-order valence-electron chi connectivity index (χ3n) is 7.14. The number of carbonyl (C=O) groups excluding carboxylic acids is 1. The minimum Gasteiger partial charge on any atom is -0.376 e. The minimum atomic E-state index is -4.08. The van der Waals surface area contributed by atoms with Crippen LogP contribution in [-0.4, -0.2) is 61.2 Å². The molecular formula is C25H28ClN7O4S2. The smallest absolute Gasteiger partial charge is 0.333 e. The Hall–Kier alpha value is -2.97. The van der Waals surface area contributed by atoms with Crippen LogP contribution in [0, 0.1) is 5.41 Å². The number of pyridine rings is 1. The number of nitrogens with zero attached hydrogens (tertiary/aromatic N) is 4. The molecule has 3 aromatic rings. The van der Waals surface area contributed by atoms with E-state index in [1.807, 2.05) is 11.6 Å². The average molecular weight is 590 g/mol. The second-order valence-electron chi connectivity index (χ2n) is 9.57. The third kappa shape index (κ3) is 5.97. The second kappa shape index (κ2) is 11.3. The molecule has 0 unspecified atom stereocenters. The molecule has 1 spiro atoms. The van der Waals surface area contributed by atoms with Crippen molar-refractivity contribution in [3.8, 4) is 0 Å². The molecule has 0 aliphatic carbocycles. The summed E-state index contributed by atoms with van der Waals surface area (Å²) in [6.07, 6.45) is 7.98. The van der Waals surface area contributed by atoms with Gasteiger partial charge in [0.1, 0.15) is 15.7 Å². The van der Waals surface area contributed by atoms with E-state index in [0.717, 1.165) is 37.9 Å². The summed E-state index contributed by atoms with van der Waals surface area (Å²) in [5.74, 6) is 0.794. The van der Waals surface area contributed by atoms with Gasteiger partial charge in [-0.05, 0) is 44.0 Å². The first-order valence-electron chi connectivity index (χ1n) is 12.3. The van der Waals surface area contributed by atoms with Crippen LogP contribution >= 0.6 is 23.4 Å². The molecule has 1 aromatic carbocycles. The van der Waals surface area contributed by atoms with Crippen LogP contribution in [-0.2, 0) is 14.8 Å². The number of benzene rings is 1. The van der Waals surface area contributed by atoms with Crippen molar-refractivity contribution in [1.82, 2.24) is 19.7 Å². The van der Waals surface area contributed by atoms with E-state index in [4.69, 9.17) is 22.1 Å². The Kier molecular flexibility index (Phi) is 7.96. The fourth-order valence-corrected chi connectivity index (χ4v) is 6.75. The van der Waals surface area contributed by atoms with Crippen LogP contribution in [0.4, 0.5) is 16.3 Å². The maximum atomic E-state index is 12.4. The largest absolute Gasteiger partial charge is 0.376 e. The van der Waals surface area contributed by atoms with Crippen LogP contribution in [0.25, 0.3) is 0 Å². The van der Waals surface area contributed by atoms with Crippen molar-refractivity contribution in [1.29, 1.82) is 0 Å². The zero-order valence-electron chi connectivity index (χ0n) is 21.1. The number of hydrogen-bond acceptors (Lipinski definition) is 10. The Balaban J connectivity index is 1.20. The summed E-state index contributed by atoms with van der Waals surface area (Å²) in [7, 11) is -4.08.